The number of nitrogens with two attached hydrogens (primary N) is 1. The van der Waals surface area contributed by atoms with E-state index in [1.165, 1.54) is 0 Å². The van der Waals surface area contributed by atoms with Crippen LogP contribution in [0.5, 0.6) is 5.75 Å². The van der Waals surface area contributed by atoms with Gasteiger partial charge in [-0.15, -0.1) is 0 Å². The maximum atomic E-state index is 12.5. The fourth-order valence-electron chi connectivity index (χ4n) is 2.92. The molecule has 1 unspecified atom stereocenters. The largest absolute Gasteiger partial charge is 0.493 e. The predicted molar refractivity (Wildman–Crippen MR) is 111 cm³/mol. The molecule has 154 valence electrons. The van der Waals surface area contributed by atoms with Crippen molar-refractivity contribution in [3.05, 3.63) is 58.6 Å². The average Bonchev–Trinajstić information content (AvgIpc) is 3.17. The van der Waals surface area contributed by atoms with Gasteiger partial charge in [0.15, 0.2) is 5.84 Å². The van der Waals surface area contributed by atoms with E-state index >= 15 is 0 Å². The topological polar surface area (TPSA) is 118 Å². The number of halogens is 1. The van der Waals surface area contributed by atoms with E-state index in [-0.39, 0.29) is 19.0 Å². The molecule has 2 aromatic rings. The lowest BCUT2D eigenvalue weighted by molar-refractivity contribution is 0.0975. The summed E-state index contributed by atoms with van der Waals surface area (Å²) in [6.07, 6.45) is 1.26. The van der Waals surface area contributed by atoms with E-state index in [2.05, 4.69) is 15.8 Å². The molecular weight excluding hydrogens is 396 g/mol. The first-order chi connectivity index (χ1) is 14.0. The van der Waals surface area contributed by atoms with Gasteiger partial charge in [-0.1, -0.05) is 28.9 Å². The minimum Gasteiger partial charge on any atom is -0.493 e. The Balaban J connectivity index is 1.70. The number of aliphatic hydroxyl groups excluding tert-OH is 1. The number of ether oxygens (including phenoxy) is 1. The molecule has 5 N–H and O–H groups in total. The molecule has 0 radical (unpaired) electrons. The Morgan fingerprint density at radius 2 is 2.10 bits per heavy atom. The molecule has 1 atom stereocenters. The van der Waals surface area contributed by atoms with Crippen LogP contribution >= 0.6 is 11.6 Å². The highest BCUT2D eigenvalue weighted by Gasteiger charge is 2.20. The van der Waals surface area contributed by atoms with Crippen molar-refractivity contribution < 1.29 is 19.5 Å². The molecule has 2 amide bonds. The minimum absolute atomic E-state index is 0.0145. The van der Waals surface area contributed by atoms with Gasteiger partial charge in [0.1, 0.15) is 12.4 Å². The molecular formula is C20H23ClN4O4. The van der Waals surface area contributed by atoms with E-state index in [1.54, 1.807) is 24.3 Å². The lowest BCUT2D eigenvalue weighted by Crippen LogP contribution is -2.47. The molecule has 0 saturated heterocycles. The molecule has 1 aliphatic rings. The number of amides is 2. The van der Waals surface area contributed by atoms with E-state index < -0.39 is 12.1 Å². The van der Waals surface area contributed by atoms with Crippen LogP contribution in [-0.4, -0.2) is 42.8 Å². The normalized spacial score (nSPS) is 13.9. The zero-order chi connectivity index (χ0) is 20.6. The van der Waals surface area contributed by atoms with Crippen LogP contribution in [-0.2, 0) is 17.7 Å². The van der Waals surface area contributed by atoms with Gasteiger partial charge >= 0.3 is 6.03 Å². The molecule has 9 heteroatoms. The average molecular weight is 419 g/mol. The Hall–Kier alpha value is -2.97. The van der Waals surface area contributed by atoms with Crippen LogP contribution in [0.3, 0.4) is 0 Å². The first-order valence-corrected chi connectivity index (χ1v) is 9.57. The summed E-state index contributed by atoms with van der Waals surface area (Å²) in [6, 6.07) is 11.6. The van der Waals surface area contributed by atoms with Crippen LogP contribution in [0.25, 0.3) is 0 Å². The maximum absolute atomic E-state index is 12.5. The van der Waals surface area contributed by atoms with Crippen molar-refractivity contribution in [2.75, 3.05) is 25.1 Å². The van der Waals surface area contributed by atoms with E-state index in [9.17, 15) is 4.79 Å². The smallest absolute Gasteiger partial charge is 0.319 e. The summed E-state index contributed by atoms with van der Waals surface area (Å²) in [7, 11) is 0. The van der Waals surface area contributed by atoms with Gasteiger partial charge in [0.05, 0.1) is 19.3 Å². The van der Waals surface area contributed by atoms with Gasteiger partial charge in [-0.2, -0.15) is 0 Å². The number of rotatable bonds is 8. The molecule has 0 spiro atoms. The molecule has 3 rings (SSSR count). The first kappa shape index (κ1) is 20.8. The number of carbonyl (C=O) groups excluding carboxylic acids is 1. The molecule has 1 heterocycles. The fourth-order valence-corrected chi connectivity index (χ4v) is 3.04. The van der Waals surface area contributed by atoms with Crippen molar-refractivity contribution in [1.29, 1.82) is 0 Å². The number of nitrogens with one attached hydrogen (secondary N) is 2. The third-order valence-electron chi connectivity index (χ3n) is 4.31. The summed E-state index contributed by atoms with van der Waals surface area (Å²) in [5, 5.41) is 18.8. The molecule has 0 aromatic heterocycles. The third-order valence-corrected chi connectivity index (χ3v) is 4.56. The predicted octanol–water partition coefficient (Wildman–Crippen LogP) is 2.29. The van der Waals surface area contributed by atoms with Crippen LogP contribution in [0.15, 0.2) is 47.6 Å². The summed E-state index contributed by atoms with van der Waals surface area (Å²) in [6.45, 7) is 0.500. The number of urea groups is 1. The van der Waals surface area contributed by atoms with E-state index in [4.69, 9.17) is 32.0 Å². The first-order valence-electron chi connectivity index (χ1n) is 9.19. The molecule has 8 nitrogen and oxygen atoms in total. The lowest BCUT2D eigenvalue weighted by Gasteiger charge is -2.19. The number of anilines is 1. The van der Waals surface area contributed by atoms with Gasteiger partial charge in [-0.3, -0.25) is 0 Å². The number of aliphatic hydroxyl groups is 1. The minimum atomic E-state index is -0.610. The number of hydrogen-bond acceptors (Lipinski definition) is 5. The molecule has 1 aliphatic heterocycles. The molecule has 0 saturated carbocycles. The van der Waals surface area contributed by atoms with Crippen molar-refractivity contribution in [3.63, 3.8) is 0 Å². The van der Waals surface area contributed by atoms with Crippen LogP contribution in [0, 0.1) is 0 Å². The standard InChI is InChI=1S/C20H23ClN4O4/c21-15-2-4-16(5-3-15)23-20(27)24-17(19(22)25-29-10-8-26)12-13-1-6-18-14(11-13)7-9-28-18/h1-6,11,17,26H,7-10,12H2,(H2,22,25)(H2,23,24,27). The van der Waals surface area contributed by atoms with E-state index in [0.717, 1.165) is 23.3 Å². The quantitative estimate of drug-likeness (QED) is 0.227. The summed E-state index contributed by atoms with van der Waals surface area (Å²) in [4.78, 5) is 17.4. The SMILES string of the molecule is NC(=NOCCO)C(Cc1ccc2c(c1)CCO2)NC(=O)Nc1ccc(Cl)cc1. The molecule has 29 heavy (non-hydrogen) atoms. The summed E-state index contributed by atoms with van der Waals surface area (Å²) >= 11 is 5.86. The van der Waals surface area contributed by atoms with Crippen molar-refractivity contribution >= 4 is 29.2 Å². The summed E-state index contributed by atoms with van der Waals surface area (Å²) < 4.78 is 5.53. The second kappa shape index (κ2) is 9.99. The second-order valence-corrected chi connectivity index (χ2v) is 6.91. The number of hydrogen-bond donors (Lipinski definition) is 4. The number of fused-ring (bicyclic) bond motifs is 1. The van der Waals surface area contributed by atoms with E-state index in [0.29, 0.717) is 23.7 Å². The Labute approximate surface area is 173 Å². The van der Waals surface area contributed by atoms with Crippen LogP contribution < -0.4 is 21.1 Å². The van der Waals surface area contributed by atoms with E-state index in [1.807, 2.05) is 18.2 Å². The number of amidine groups is 1. The van der Waals surface area contributed by atoms with Gasteiger partial charge in [0.2, 0.25) is 0 Å². The van der Waals surface area contributed by atoms with Crippen LogP contribution in [0.1, 0.15) is 11.1 Å². The third kappa shape index (κ3) is 6.00. The van der Waals surface area contributed by atoms with Gasteiger partial charge in [-0.05, 0) is 41.5 Å². The zero-order valence-electron chi connectivity index (χ0n) is 15.7. The van der Waals surface area contributed by atoms with Gasteiger partial charge in [0, 0.05) is 23.6 Å². The number of carbonyl (C=O) groups is 1. The van der Waals surface area contributed by atoms with Crippen LogP contribution in [0.2, 0.25) is 5.02 Å². The van der Waals surface area contributed by atoms with Crippen molar-refractivity contribution in [2.45, 2.75) is 18.9 Å². The number of benzene rings is 2. The monoisotopic (exact) mass is 418 g/mol. The highest BCUT2D eigenvalue weighted by molar-refractivity contribution is 6.30. The van der Waals surface area contributed by atoms with Crippen molar-refractivity contribution in [1.82, 2.24) is 5.32 Å². The molecule has 0 aliphatic carbocycles. The Bertz CT molecular complexity index is 873. The fraction of sp³-hybridized carbons (Fsp3) is 0.300. The van der Waals surface area contributed by atoms with Gasteiger partial charge in [-0.25, -0.2) is 4.79 Å². The van der Waals surface area contributed by atoms with Crippen LogP contribution in [0.4, 0.5) is 10.5 Å². The van der Waals surface area contributed by atoms with Gasteiger partial charge in [0.25, 0.3) is 0 Å². The zero-order valence-corrected chi connectivity index (χ0v) is 16.5. The van der Waals surface area contributed by atoms with Gasteiger partial charge < -0.3 is 31.0 Å². The number of nitrogens with zero attached hydrogens (tertiary/aromatic N) is 1. The second-order valence-electron chi connectivity index (χ2n) is 6.48. The molecule has 0 bridgehead atoms. The summed E-state index contributed by atoms with van der Waals surface area (Å²) in [5.41, 5.74) is 8.73. The molecule has 2 aromatic carbocycles. The maximum Gasteiger partial charge on any atom is 0.319 e. The Morgan fingerprint density at radius 3 is 2.86 bits per heavy atom. The summed E-state index contributed by atoms with van der Waals surface area (Å²) in [5.74, 6) is 0.980. The highest BCUT2D eigenvalue weighted by atomic mass is 35.5. The highest BCUT2D eigenvalue weighted by Crippen LogP contribution is 2.26. The van der Waals surface area contributed by atoms with Crippen molar-refractivity contribution in [2.24, 2.45) is 10.9 Å². The Morgan fingerprint density at radius 1 is 1.31 bits per heavy atom. The molecule has 0 fully saturated rings. The van der Waals surface area contributed by atoms with Crippen molar-refractivity contribution in [3.8, 4) is 5.75 Å². The number of oxime groups is 1. The lowest BCUT2D eigenvalue weighted by atomic mass is 10.0. The Kier molecular flexibility index (Phi) is 7.15.